The molecule has 0 aliphatic carbocycles. The second-order valence-electron chi connectivity index (χ2n) is 13.5. The van der Waals surface area contributed by atoms with E-state index in [1.807, 2.05) is 51.1 Å². The van der Waals surface area contributed by atoms with Crippen molar-refractivity contribution in [1.82, 2.24) is 19.4 Å². The average Bonchev–Trinajstić information content (AvgIpc) is 3.44. The number of aromatic nitrogens is 3. The van der Waals surface area contributed by atoms with Crippen LogP contribution in [-0.4, -0.2) is 50.2 Å². The van der Waals surface area contributed by atoms with Crippen LogP contribution in [0.4, 0.5) is 18.0 Å². The molecule has 50 heavy (non-hydrogen) atoms. The number of pyridine rings is 1. The Bertz CT molecular complexity index is 2010. The number of amides is 1. The molecule has 5 aromatic rings. The summed E-state index contributed by atoms with van der Waals surface area (Å²) in [4.78, 5) is 35.0. The molecule has 2 aromatic heterocycles. The summed E-state index contributed by atoms with van der Waals surface area (Å²) >= 11 is 0. The molecular weight excluding hydrogens is 649 g/mol. The fourth-order valence-electron chi connectivity index (χ4n) is 6.26. The Kier molecular flexibility index (Phi) is 9.73. The van der Waals surface area contributed by atoms with Gasteiger partial charge in [-0.2, -0.15) is 13.2 Å². The number of benzene rings is 3. The number of carbonyl (C=O) groups excluding carboxylic acids is 2. The lowest BCUT2D eigenvalue weighted by Crippen LogP contribution is -2.41. The summed E-state index contributed by atoms with van der Waals surface area (Å²) in [5, 5.41) is 0.475. The van der Waals surface area contributed by atoms with Crippen molar-refractivity contribution in [3.8, 4) is 22.9 Å². The van der Waals surface area contributed by atoms with Crippen LogP contribution < -0.4 is 9.47 Å². The number of halogens is 3. The third kappa shape index (κ3) is 7.85. The Morgan fingerprint density at radius 3 is 2.30 bits per heavy atom. The summed E-state index contributed by atoms with van der Waals surface area (Å²) in [6, 6.07) is 21.1. The van der Waals surface area contributed by atoms with Gasteiger partial charge in [0.25, 0.3) is 0 Å². The Morgan fingerprint density at radius 1 is 0.920 bits per heavy atom. The van der Waals surface area contributed by atoms with E-state index in [9.17, 15) is 22.8 Å². The number of piperidine rings is 1. The summed E-state index contributed by atoms with van der Waals surface area (Å²) in [6.45, 7) is 8.33. The molecule has 0 spiro atoms. The highest BCUT2D eigenvalue weighted by Crippen LogP contribution is 2.41. The number of rotatable bonds is 8. The zero-order chi connectivity index (χ0) is 35.6. The molecule has 0 unspecified atom stereocenters. The molecule has 0 N–H and O–H groups in total. The van der Waals surface area contributed by atoms with Gasteiger partial charge < -0.3 is 23.7 Å². The number of nitrogens with zero attached hydrogens (tertiary/aromatic N) is 4. The van der Waals surface area contributed by atoms with Crippen LogP contribution >= 0.6 is 0 Å². The first kappa shape index (κ1) is 34.7. The quantitative estimate of drug-likeness (QED) is 0.119. The number of imidazole rings is 1. The van der Waals surface area contributed by atoms with Crippen LogP contribution in [0.5, 0.6) is 11.5 Å². The molecule has 0 atom stereocenters. The van der Waals surface area contributed by atoms with Gasteiger partial charge in [0, 0.05) is 38.0 Å². The molecule has 1 amide bonds. The number of ether oxygens (including phenoxy) is 3. The fraction of sp³-hybridized carbons (Fsp3) is 0.368. The van der Waals surface area contributed by atoms with Crippen LogP contribution in [-0.2, 0) is 28.9 Å². The maximum absolute atomic E-state index is 14.7. The normalized spacial score (nSPS) is 14.3. The Labute approximate surface area is 288 Å². The van der Waals surface area contributed by atoms with Crippen molar-refractivity contribution in [3.05, 3.63) is 84.1 Å². The van der Waals surface area contributed by atoms with Crippen molar-refractivity contribution >= 4 is 34.0 Å². The van der Waals surface area contributed by atoms with Gasteiger partial charge in [-0.1, -0.05) is 42.5 Å². The second-order valence-corrected chi connectivity index (χ2v) is 13.5. The summed E-state index contributed by atoms with van der Waals surface area (Å²) in [6.07, 6.45) is -3.13. The van der Waals surface area contributed by atoms with Gasteiger partial charge in [0.2, 0.25) is 0 Å². The lowest BCUT2D eigenvalue weighted by Gasteiger charge is -2.33. The van der Waals surface area contributed by atoms with Crippen molar-refractivity contribution in [2.24, 2.45) is 5.92 Å². The number of alkyl halides is 3. The van der Waals surface area contributed by atoms with Crippen LogP contribution in [0.2, 0.25) is 0 Å². The van der Waals surface area contributed by atoms with Crippen LogP contribution in [0, 0.1) is 5.92 Å². The van der Waals surface area contributed by atoms with Gasteiger partial charge in [-0.05, 0) is 75.8 Å². The van der Waals surface area contributed by atoms with Crippen molar-refractivity contribution in [2.75, 3.05) is 13.1 Å². The Balaban J connectivity index is 1.41. The maximum Gasteiger partial charge on any atom is 0.435 e. The van der Waals surface area contributed by atoms with E-state index >= 15 is 0 Å². The first-order chi connectivity index (χ1) is 23.8. The zero-order valence-electron chi connectivity index (χ0n) is 28.4. The van der Waals surface area contributed by atoms with E-state index in [1.54, 1.807) is 45.9 Å². The molecule has 0 bridgehead atoms. The minimum atomic E-state index is -4.81. The molecule has 0 radical (unpaired) electrons. The predicted molar refractivity (Wildman–Crippen MR) is 183 cm³/mol. The minimum Gasteiger partial charge on any atom is -0.489 e. The molecule has 6 rings (SSSR count). The van der Waals surface area contributed by atoms with Gasteiger partial charge in [-0.25, -0.2) is 14.8 Å². The van der Waals surface area contributed by atoms with Gasteiger partial charge in [-0.15, -0.1) is 0 Å². The van der Waals surface area contributed by atoms with E-state index in [2.05, 4.69) is 9.97 Å². The van der Waals surface area contributed by atoms with Gasteiger partial charge in [0.05, 0.1) is 16.6 Å². The number of hydrogen-bond acceptors (Lipinski definition) is 7. The van der Waals surface area contributed by atoms with E-state index in [-0.39, 0.29) is 46.7 Å². The standard InChI is InChI=1S/C38H39F3N4O5/c1-24(46)49-31-13-9-8-12-29(31)35-43-32-33(45(35)21-18-25-16-19-44(20-17-25)36(47)50-37(2,3)4)28-15-14-27(48-23-26-10-6-5-7-11-26)22-30(28)42-34(32)38(39,40)41/h5-15,22,25H,16-21,23H2,1-4H3. The first-order valence-corrected chi connectivity index (χ1v) is 16.6. The van der Waals surface area contributed by atoms with Crippen LogP contribution in [0.3, 0.4) is 0 Å². The van der Waals surface area contributed by atoms with Crippen molar-refractivity contribution in [2.45, 2.75) is 71.9 Å². The molecule has 0 saturated carbocycles. The molecular formula is C38H39F3N4O5. The van der Waals surface area contributed by atoms with Gasteiger partial charge in [0.1, 0.15) is 35.0 Å². The molecule has 1 aliphatic rings. The fourth-order valence-corrected chi connectivity index (χ4v) is 6.26. The number of para-hydroxylation sites is 1. The van der Waals surface area contributed by atoms with E-state index in [1.165, 1.54) is 13.0 Å². The summed E-state index contributed by atoms with van der Waals surface area (Å²) < 4.78 is 63.0. The number of esters is 1. The smallest absolute Gasteiger partial charge is 0.435 e. The lowest BCUT2D eigenvalue weighted by atomic mass is 9.93. The van der Waals surface area contributed by atoms with Crippen molar-refractivity contribution in [3.63, 3.8) is 0 Å². The Morgan fingerprint density at radius 2 is 1.62 bits per heavy atom. The molecule has 1 saturated heterocycles. The van der Waals surface area contributed by atoms with Gasteiger partial charge in [0.15, 0.2) is 5.69 Å². The largest absolute Gasteiger partial charge is 0.489 e. The summed E-state index contributed by atoms with van der Waals surface area (Å²) in [5.41, 5.74) is -0.332. The monoisotopic (exact) mass is 688 g/mol. The van der Waals surface area contributed by atoms with E-state index in [4.69, 9.17) is 14.2 Å². The highest BCUT2D eigenvalue weighted by molar-refractivity contribution is 6.05. The van der Waals surface area contributed by atoms with E-state index < -0.39 is 23.4 Å². The van der Waals surface area contributed by atoms with Crippen LogP contribution in [0.1, 0.15) is 58.2 Å². The number of aryl methyl sites for hydroxylation is 1. The van der Waals surface area contributed by atoms with Gasteiger partial charge >= 0.3 is 18.2 Å². The molecule has 3 heterocycles. The molecule has 262 valence electrons. The third-order valence-electron chi connectivity index (χ3n) is 8.57. The molecule has 1 aliphatic heterocycles. The topological polar surface area (TPSA) is 95.8 Å². The SMILES string of the molecule is CC(=O)Oc1ccccc1-c1nc2c(C(F)(F)F)nc3cc(OCc4ccccc4)ccc3c2n1CCC1CCN(C(=O)OC(C)(C)C)CC1. The highest BCUT2D eigenvalue weighted by atomic mass is 19.4. The third-order valence-corrected chi connectivity index (χ3v) is 8.57. The maximum atomic E-state index is 14.7. The minimum absolute atomic E-state index is 0.113. The molecule has 12 heteroatoms. The predicted octanol–water partition coefficient (Wildman–Crippen LogP) is 8.81. The second kappa shape index (κ2) is 14.0. The zero-order valence-corrected chi connectivity index (χ0v) is 28.4. The Hall–Kier alpha value is -5.13. The van der Waals surface area contributed by atoms with E-state index in [0.717, 1.165) is 5.56 Å². The van der Waals surface area contributed by atoms with Gasteiger partial charge in [-0.3, -0.25) is 4.79 Å². The lowest BCUT2D eigenvalue weighted by molar-refractivity contribution is -0.139. The molecule has 3 aromatic carbocycles. The number of likely N-dealkylation sites (tertiary alicyclic amines) is 1. The van der Waals surface area contributed by atoms with Crippen LogP contribution in [0.25, 0.3) is 33.3 Å². The number of hydrogen-bond donors (Lipinski definition) is 0. The van der Waals surface area contributed by atoms with Crippen molar-refractivity contribution in [1.29, 1.82) is 0 Å². The van der Waals surface area contributed by atoms with E-state index in [0.29, 0.717) is 55.6 Å². The summed E-state index contributed by atoms with van der Waals surface area (Å²) in [7, 11) is 0. The highest BCUT2D eigenvalue weighted by Gasteiger charge is 2.38. The number of fused-ring (bicyclic) bond motifs is 3. The van der Waals surface area contributed by atoms with Crippen LogP contribution in [0.15, 0.2) is 72.8 Å². The van der Waals surface area contributed by atoms with Crippen molar-refractivity contribution < 1.29 is 37.0 Å². The average molecular weight is 689 g/mol. The number of carbonyl (C=O) groups is 2. The summed E-state index contributed by atoms with van der Waals surface area (Å²) in [5.74, 6) is 0.417. The molecule has 9 nitrogen and oxygen atoms in total. The molecule has 1 fully saturated rings. The first-order valence-electron chi connectivity index (χ1n) is 16.6.